The first-order valence-electron chi connectivity index (χ1n) is 27.2. The Balaban J connectivity index is 0.794. The molecule has 0 radical (unpaired) electrons. The van der Waals surface area contributed by atoms with Crippen molar-refractivity contribution in [2.24, 2.45) is 23.7 Å². The number of ketones is 2. The highest BCUT2D eigenvalue weighted by molar-refractivity contribution is 6.30. The summed E-state index contributed by atoms with van der Waals surface area (Å²) in [7, 11) is 1.30. The van der Waals surface area contributed by atoms with E-state index in [4.69, 9.17) is 33.2 Å². The van der Waals surface area contributed by atoms with Crippen LogP contribution in [0.1, 0.15) is 203 Å². The van der Waals surface area contributed by atoms with Crippen molar-refractivity contribution in [3.63, 3.8) is 0 Å². The molecule has 5 aliphatic carbocycles. The third kappa shape index (κ3) is 12.2. The maximum absolute atomic E-state index is 14.3. The zero-order chi connectivity index (χ0) is 53.5. The van der Waals surface area contributed by atoms with E-state index in [2.05, 4.69) is 13.8 Å². The Morgan fingerprint density at radius 3 is 1.09 bits per heavy atom. The first-order valence-corrected chi connectivity index (χ1v) is 27.2. The van der Waals surface area contributed by atoms with Crippen LogP contribution in [0, 0.1) is 23.7 Å². The molecule has 0 saturated heterocycles. The molecule has 0 N–H and O–H groups in total. The summed E-state index contributed by atoms with van der Waals surface area (Å²) >= 11 is 0. The van der Waals surface area contributed by atoms with E-state index in [1.54, 1.807) is 36.4 Å². The smallest absolute Gasteiger partial charge is 0.338 e. The predicted octanol–water partition coefficient (Wildman–Crippen LogP) is 11.4. The van der Waals surface area contributed by atoms with Gasteiger partial charge in [0.25, 0.3) is 0 Å². The van der Waals surface area contributed by atoms with Gasteiger partial charge in [0, 0.05) is 17.2 Å². The van der Waals surface area contributed by atoms with E-state index >= 15 is 0 Å². The summed E-state index contributed by atoms with van der Waals surface area (Å²) in [5, 5.41) is 0. The molecule has 4 aromatic carbocycles. The monoisotopic (exact) mass is 1040 g/mol. The van der Waals surface area contributed by atoms with Crippen LogP contribution in [-0.4, -0.2) is 78.9 Å². The van der Waals surface area contributed by atoms with Crippen molar-refractivity contribution in [3.05, 3.63) is 123 Å². The zero-order valence-electron chi connectivity index (χ0n) is 43.5. The Labute approximate surface area is 442 Å². The lowest BCUT2D eigenvalue weighted by Crippen LogP contribution is -2.32. The van der Waals surface area contributed by atoms with E-state index in [-0.39, 0.29) is 62.8 Å². The van der Waals surface area contributed by atoms with Crippen LogP contribution in [0.3, 0.4) is 0 Å². The van der Waals surface area contributed by atoms with Gasteiger partial charge in [0.2, 0.25) is 0 Å². The molecule has 400 valence electrons. The molecular formula is C61H66O15. The van der Waals surface area contributed by atoms with Crippen molar-refractivity contribution < 1.29 is 71.5 Å². The number of ether oxygens (including phenoxy) is 7. The first-order chi connectivity index (χ1) is 36.8. The fourth-order valence-electron chi connectivity index (χ4n) is 11.4. The Kier molecular flexibility index (Phi) is 17.1. The Morgan fingerprint density at radius 1 is 0.421 bits per heavy atom. The van der Waals surface area contributed by atoms with Gasteiger partial charge in [-0.05, 0) is 163 Å². The Morgan fingerprint density at radius 2 is 0.750 bits per heavy atom. The maximum Gasteiger partial charge on any atom is 0.338 e. The lowest BCUT2D eigenvalue weighted by molar-refractivity contribution is -0.142. The van der Waals surface area contributed by atoms with Crippen molar-refractivity contribution in [1.82, 2.24) is 0 Å². The minimum Gasteiger partial charge on any atom is -0.493 e. The Bertz CT molecular complexity index is 2820. The number of hydrogen-bond acceptors (Lipinski definition) is 15. The van der Waals surface area contributed by atoms with E-state index in [0.717, 1.165) is 64.2 Å². The van der Waals surface area contributed by atoms with E-state index in [0.29, 0.717) is 74.3 Å². The quantitative estimate of drug-likeness (QED) is 0.0544. The normalized spacial score (nSPS) is 24.1. The number of methoxy groups -OCH3 is 1. The SMILES string of the molecule is CC[C@H]1CC[C@H](OC(=O)c2ccc(C(=O)O[C@H]3CC[C@H](C(=O)Oc4cc(OC)c(OC(=O)[C@H]5CC[C@H](OC(=O)c6ccc(C(=O)O[C@H]7CC[C@H](CC)CC7)cc6)CC5)c5c4C(=O)c4ccccc4C5=O)CC3)cc2)CC1. The van der Waals surface area contributed by atoms with Crippen molar-refractivity contribution in [1.29, 1.82) is 0 Å². The Hall–Kier alpha value is -7.16. The third-order valence-corrected chi connectivity index (χ3v) is 16.3. The summed E-state index contributed by atoms with van der Waals surface area (Å²) in [6.45, 7) is 4.36. The largest absolute Gasteiger partial charge is 0.493 e. The second-order valence-corrected chi connectivity index (χ2v) is 21.0. The third-order valence-electron chi connectivity index (χ3n) is 16.3. The molecule has 0 amide bonds. The summed E-state index contributed by atoms with van der Waals surface area (Å²) in [6.07, 6.45) is 11.3. The van der Waals surface area contributed by atoms with Crippen LogP contribution < -0.4 is 14.2 Å². The van der Waals surface area contributed by atoms with Crippen molar-refractivity contribution in [2.45, 2.75) is 154 Å². The number of rotatable bonds is 15. The van der Waals surface area contributed by atoms with E-state index in [1.807, 2.05) is 0 Å². The average Bonchev–Trinajstić information content (AvgIpc) is 3.49. The standard InChI is InChI=1S/C61H66O15/c1-4-35-10-26-43(27-11-35)71-56(64)37-14-18-39(19-15-37)58(66)73-45-30-22-41(23-31-45)60(68)75-49-34-50(70-3)55(52-51(49)53(62)47-8-6-7-9-48(47)54(52)63)76-61(69)42-24-32-46(33-25-42)74-59(67)40-20-16-38(17-21-40)57(65)72-44-28-12-36(5-2)13-29-44/h6-9,14-21,34-36,41-46H,4-5,10-13,22-33H2,1-3H3/t35-,36-,41-,42-,43-,44-,45-,46-. The molecule has 9 rings (SSSR count). The summed E-state index contributed by atoms with van der Waals surface area (Å²) in [4.78, 5) is 108. The van der Waals surface area contributed by atoms with Gasteiger partial charge in [-0.15, -0.1) is 0 Å². The lowest BCUT2D eigenvalue weighted by Gasteiger charge is -2.29. The van der Waals surface area contributed by atoms with Crippen LogP contribution in [0.4, 0.5) is 0 Å². The van der Waals surface area contributed by atoms with Crippen LogP contribution >= 0.6 is 0 Å². The number of carbonyl (C=O) groups excluding carboxylic acids is 8. The van der Waals surface area contributed by atoms with Crippen molar-refractivity contribution in [2.75, 3.05) is 7.11 Å². The second kappa shape index (κ2) is 24.2. The molecule has 0 aliphatic heterocycles. The summed E-state index contributed by atoms with van der Waals surface area (Å²) in [5.41, 5.74) is 0.929. The van der Waals surface area contributed by atoms with Gasteiger partial charge >= 0.3 is 35.8 Å². The van der Waals surface area contributed by atoms with Gasteiger partial charge in [-0.2, -0.15) is 0 Å². The molecule has 15 heteroatoms. The molecule has 0 spiro atoms. The maximum atomic E-state index is 14.3. The van der Waals surface area contributed by atoms with Crippen LogP contribution in [0.2, 0.25) is 0 Å². The molecule has 0 bridgehead atoms. The molecule has 0 heterocycles. The van der Waals surface area contributed by atoms with Gasteiger partial charge in [-0.25, -0.2) is 19.2 Å². The molecule has 4 saturated carbocycles. The van der Waals surface area contributed by atoms with E-state index in [9.17, 15) is 38.4 Å². The molecule has 5 aliphatic rings. The fourth-order valence-corrected chi connectivity index (χ4v) is 11.4. The topological polar surface area (TPSA) is 201 Å². The van der Waals surface area contributed by atoms with Gasteiger partial charge in [0.15, 0.2) is 23.1 Å². The molecule has 4 aromatic rings. The van der Waals surface area contributed by atoms with Crippen molar-refractivity contribution >= 4 is 47.4 Å². The highest BCUT2D eigenvalue weighted by Crippen LogP contribution is 2.46. The predicted molar refractivity (Wildman–Crippen MR) is 276 cm³/mol. The number of carbonyl (C=O) groups is 8. The molecular weight excluding hydrogens is 973 g/mol. The van der Waals surface area contributed by atoms with Crippen LogP contribution in [-0.2, 0) is 28.5 Å². The number of benzene rings is 4. The minimum absolute atomic E-state index is 0.0790. The molecule has 15 nitrogen and oxygen atoms in total. The number of fused-ring (bicyclic) bond motifs is 2. The van der Waals surface area contributed by atoms with E-state index < -0.39 is 71.4 Å². The van der Waals surface area contributed by atoms with Gasteiger partial charge in [-0.1, -0.05) is 51.0 Å². The van der Waals surface area contributed by atoms with Gasteiger partial charge in [0.1, 0.15) is 30.2 Å². The highest BCUT2D eigenvalue weighted by Gasteiger charge is 2.41. The summed E-state index contributed by atoms with van der Waals surface area (Å²) < 4.78 is 40.7. The van der Waals surface area contributed by atoms with Gasteiger partial charge < -0.3 is 33.2 Å². The highest BCUT2D eigenvalue weighted by atomic mass is 16.6. The average molecular weight is 1040 g/mol. The van der Waals surface area contributed by atoms with Crippen LogP contribution in [0.15, 0.2) is 78.9 Å². The molecule has 4 fully saturated rings. The van der Waals surface area contributed by atoms with Crippen molar-refractivity contribution in [3.8, 4) is 17.2 Å². The molecule has 76 heavy (non-hydrogen) atoms. The van der Waals surface area contributed by atoms with Crippen LogP contribution in [0.25, 0.3) is 0 Å². The molecule has 0 aromatic heterocycles. The number of esters is 6. The minimum atomic E-state index is -0.677. The van der Waals surface area contributed by atoms with E-state index in [1.165, 1.54) is 49.6 Å². The summed E-state index contributed by atoms with van der Waals surface area (Å²) in [5.74, 6) is -5.06. The molecule has 0 unspecified atom stereocenters. The van der Waals surface area contributed by atoms with Gasteiger partial charge in [0.05, 0.1) is 52.3 Å². The first kappa shape index (κ1) is 53.7. The van der Waals surface area contributed by atoms with Crippen LogP contribution in [0.5, 0.6) is 17.2 Å². The zero-order valence-corrected chi connectivity index (χ0v) is 43.5. The number of hydrogen-bond donors (Lipinski definition) is 0. The lowest BCUT2D eigenvalue weighted by atomic mass is 9.82. The molecule has 0 atom stereocenters. The van der Waals surface area contributed by atoms with Gasteiger partial charge in [-0.3, -0.25) is 19.2 Å². The fraction of sp³-hybridized carbons (Fsp3) is 0.475. The second-order valence-electron chi connectivity index (χ2n) is 21.0. The summed E-state index contributed by atoms with van der Waals surface area (Å²) in [6, 6.07) is 19.9.